The van der Waals surface area contributed by atoms with Crippen molar-refractivity contribution in [3.8, 4) is 11.5 Å². The minimum absolute atomic E-state index is 0.202. The van der Waals surface area contributed by atoms with Crippen LogP contribution in [-0.2, 0) is 6.61 Å². The average Bonchev–Trinajstić information content (AvgIpc) is 2.83. The van der Waals surface area contributed by atoms with Crippen molar-refractivity contribution in [1.29, 1.82) is 0 Å². The number of amides is 1. The van der Waals surface area contributed by atoms with Crippen LogP contribution in [0.5, 0.6) is 11.5 Å². The summed E-state index contributed by atoms with van der Waals surface area (Å²) in [5.74, 6) is -0.0511. The van der Waals surface area contributed by atoms with Crippen LogP contribution in [0, 0.1) is 20.2 Å². The third-order valence-corrected chi connectivity index (χ3v) is 5.51. The Morgan fingerprint density at radius 3 is 2.37 bits per heavy atom. The number of halogens is 2. The number of carbonyl (C=O) groups excluding carboxylic acids is 1. The maximum atomic E-state index is 12.3. The molecule has 3 aromatic carbocycles. The van der Waals surface area contributed by atoms with Gasteiger partial charge in [-0.15, -0.1) is 0 Å². The van der Waals surface area contributed by atoms with Crippen molar-refractivity contribution in [3.05, 3.63) is 101 Å². The molecule has 35 heavy (non-hydrogen) atoms. The summed E-state index contributed by atoms with van der Waals surface area (Å²) in [6.45, 7) is 0.202. The van der Waals surface area contributed by atoms with Gasteiger partial charge in [0.2, 0.25) is 0 Å². The van der Waals surface area contributed by atoms with Gasteiger partial charge in [-0.2, -0.15) is 5.10 Å². The number of nitro benzene ring substituents is 2. The second-order valence-electron chi connectivity index (χ2n) is 6.87. The highest BCUT2D eigenvalue weighted by Gasteiger charge is 2.20. The zero-order chi connectivity index (χ0) is 25.5. The first kappa shape index (κ1) is 25.6. The normalized spacial score (nSPS) is 10.7. The Labute approximate surface area is 211 Å². The first-order chi connectivity index (χ1) is 16.7. The monoisotopic (exact) mass is 562 g/mol. The fraction of sp³-hybridized carbons (Fsp3) is 0.0909. The highest BCUT2D eigenvalue weighted by atomic mass is 79.9. The van der Waals surface area contributed by atoms with Gasteiger partial charge < -0.3 is 9.47 Å². The molecule has 0 bridgehead atoms. The van der Waals surface area contributed by atoms with Crippen LogP contribution in [0.2, 0.25) is 5.02 Å². The summed E-state index contributed by atoms with van der Waals surface area (Å²) in [5, 5.41) is 26.4. The summed E-state index contributed by atoms with van der Waals surface area (Å²) in [4.78, 5) is 32.7. The molecular weight excluding hydrogens is 548 g/mol. The van der Waals surface area contributed by atoms with Crippen LogP contribution in [0.1, 0.15) is 21.5 Å². The van der Waals surface area contributed by atoms with E-state index in [2.05, 4.69) is 26.5 Å². The van der Waals surface area contributed by atoms with Crippen molar-refractivity contribution < 1.29 is 24.1 Å². The minimum Gasteiger partial charge on any atom is -0.493 e. The van der Waals surface area contributed by atoms with E-state index in [1.807, 2.05) is 18.2 Å². The van der Waals surface area contributed by atoms with Crippen LogP contribution in [0.25, 0.3) is 0 Å². The lowest BCUT2D eigenvalue weighted by Crippen LogP contribution is -2.18. The summed E-state index contributed by atoms with van der Waals surface area (Å²) < 4.78 is 11.8. The summed E-state index contributed by atoms with van der Waals surface area (Å²) in [7, 11) is 1.46. The molecule has 0 atom stereocenters. The Kier molecular flexibility index (Phi) is 8.34. The number of nitro groups is 2. The zero-order valence-corrected chi connectivity index (χ0v) is 20.3. The Hall–Kier alpha value is -4.03. The fourth-order valence-electron chi connectivity index (χ4n) is 2.89. The van der Waals surface area contributed by atoms with E-state index in [9.17, 15) is 25.0 Å². The van der Waals surface area contributed by atoms with Crippen molar-refractivity contribution in [2.75, 3.05) is 7.11 Å². The molecule has 0 heterocycles. The fourth-order valence-corrected chi connectivity index (χ4v) is 3.65. The summed E-state index contributed by atoms with van der Waals surface area (Å²) in [6, 6.07) is 13.1. The van der Waals surface area contributed by atoms with E-state index in [1.54, 1.807) is 18.2 Å². The van der Waals surface area contributed by atoms with Gasteiger partial charge in [-0.05, 0) is 39.7 Å². The number of ether oxygens (including phenoxy) is 2. The zero-order valence-electron chi connectivity index (χ0n) is 17.9. The van der Waals surface area contributed by atoms with Gasteiger partial charge in [0.15, 0.2) is 11.5 Å². The number of hydrogen-bond donors (Lipinski definition) is 1. The number of rotatable bonds is 9. The Balaban J connectivity index is 1.75. The van der Waals surface area contributed by atoms with E-state index in [1.165, 1.54) is 13.3 Å². The summed E-state index contributed by atoms with van der Waals surface area (Å²) >= 11 is 9.58. The predicted octanol–water partition coefficient (Wildman–Crippen LogP) is 5.27. The van der Waals surface area contributed by atoms with Crippen molar-refractivity contribution in [1.82, 2.24) is 5.43 Å². The number of hydrazone groups is 1. The van der Waals surface area contributed by atoms with Gasteiger partial charge in [0, 0.05) is 22.7 Å². The third-order valence-electron chi connectivity index (χ3n) is 4.55. The number of methoxy groups -OCH3 is 1. The lowest BCUT2D eigenvalue weighted by molar-refractivity contribution is -0.394. The molecule has 180 valence electrons. The number of non-ortho nitro benzene ring substituents is 2. The molecule has 0 saturated carbocycles. The third kappa shape index (κ3) is 6.52. The Morgan fingerprint density at radius 2 is 1.77 bits per heavy atom. The molecule has 3 rings (SSSR count). The average molecular weight is 564 g/mol. The van der Waals surface area contributed by atoms with Gasteiger partial charge in [-0.3, -0.25) is 25.0 Å². The Bertz CT molecular complexity index is 1300. The van der Waals surface area contributed by atoms with Gasteiger partial charge in [0.25, 0.3) is 17.3 Å². The van der Waals surface area contributed by atoms with E-state index in [0.29, 0.717) is 26.6 Å². The minimum atomic E-state index is -0.862. The maximum absolute atomic E-state index is 12.3. The number of hydrogen-bond acceptors (Lipinski definition) is 8. The summed E-state index contributed by atoms with van der Waals surface area (Å²) in [6.07, 6.45) is 1.30. The van der Waals surface area contributed by atoms with Gasteiger partial charge in [0.1, 0.15) is 6.61 Å². The SMILES string of the molecule is COc1cc(/C=N/NC(=O)c2cc([N+](=O)[O-])cc([N+](=O)[O-])c2)cc(Br)c1OCc1ccccc1Cl. The van der Waals surface area contributed by atoms with Gasteiger partial charge in [-0.25, -0.2) is 5.43 Å². The van der Waals surface area contributed by atoms with Gasteiger partial charge in [0.05, 0.1) is 39.3 Å². The largest absolute Gasteiger partial charge is 0.493 e. The van der Waals surface area contributed by atoms with Crippen LogP contribution in [0.3, 0.4) is 0 Å². The molecular formula is C22H16BrClN4O7. The van der Waals surface area contributed by atoms with Crippen molar-refractivity contribution in [2.24, 2.45) is 5.10 Å². The first-order valence-corrected chi connectivity index (χ1v) is 10.9. The van der Waals surface area contributed by atoms with Crippen LogP contribution >= 0.6 is 27.5 Å². The molecule has 11 nitrogen and oxygen atoms in total. The number of nitrogens with zero attached hydrogens (tertiary/aromatic N) is 3. The molecule has 0 aliphatic rings. The maximum Gasteiger partial charge on any atom is 0.277 e. The molecule has 13 heteroatoms. The van der Waals surface area contributed by atoms with E-state index in [4.69, 9.17) is 21.1 Å². The molecule has 1 amide bonds. The highest BCUT2D eigenvalue weighted by molar-refractivity contribution is 9.10. The van der Waals surface area contributed by atoms with Crippen LogP contribution in [0.4, 0.5) is 11.4 Å². The molecule has 1 N–H and O–H groups in total. The second kappa shape index (κ2) is 11.4. The second-order valence-corrected chi connectivity index (χ2v) is 8.13. The highest BCUT2D eigenvalue weighted by Crippen LogP contribution is 2.37. The quantitative estimate of drug-likeness (QED) is 0.212. The molecule has 0 fully saturated rings. The van der Waals surface area contributed by atoms with Gasteiger partial charge >= 0.3 is 0 Å². The molecule has 3 aromatic rings. The van der Waals surface area contributed by atoms with Gasteiger partial charge in [-0.1, -0.05) is 29.8 Å². The Morgan fingerprint density at radius 1 is 1.11 bits per heavy atom. The predicted molar refractivity (Wildman–Crippen MR) is 131 cm³/mol. The number of carbonyl (C=O) groups is 1. The van der Waals surface area contributed by atoms with E-state index >= 15 is 0 Å². The molecule has 0 saturated heterocycles. The van der Waals surface area contributed by atoms with Crippen molar-refractivity contribution in [2.45, 2.75) is 6.61 Å². The van der Waals surface area contributed by atoms with E-state index < -0.39 is 27.1 Å². The lowest BCUT2D eigenvalue weighted by atomic mass is 10.1. The smallest absolute Gasteiger partial charge is 0.277 e. The molecule has 0 unspecified atom stereocenters. The lowest BCUT2D eigenvalue weighted by Gasteiger charge is -2.14. The molecule has 0 aliphatic carbocycles. The molecule has 0 radical (unpaired) electrons. The van der Waals surface area contributed by atoms with Crippen LogP contribution in [-0.4, -0.2) is 29.1 Å². The van der Waals surface area contributed by atoms with Crippen molar-refractivity contribution >= 4 is 51.0 Å². The molecule has 0 spiro atoms. The summed E-state index contributed by atoms with van der Waals surface area (Å²) in [5.41, 5.74) is 2.03. The molecule has 0 aromatic heterocycles. The number of benzene rings is 3. The van der Waals surface area contributed by atoms with Crippen molar-refractivity contribution in [3.63, 3.8) is 0 Å². The molecule has 0 aliphatic heterocycles. The van der Waals surface area contributed by atoms with Crippen LogP contribution < -0.4 is 14.9 Å². The first-order valence-electron chi connectivity index (χ1n) is 9.70. The van der Waals surface area contributed by atoms with E-state index in [0.717, 1.165) is 23.8 Å². The van der Waals surface area contributed by atoms with Crippen LogP contribution in [0.15, 0.2) is 64.2 Å². The number of nitrogens with one attached hydrogen (secondary N) is 1. The topological polar surface area (TPSA) is 146 Å². The standard InChI is InChI=1S/C22H16BrClN4O7/c1-34-20-7-13(6-18(23)21(20)35-12-14-4-2-3-5-19(14)24)11-25-26-22(29)15-8-16(27(30)31)10-17(9-15)28(32)33/h2-11H,12H2,1H3,(H,26,29)/b25-11+. The van der Waals surface area contributed by atoms with E-state index in [-0.39, 0.29) is 12.2 Å².